The topological polar surface area (TPSA) is 49.0 Å². The summed E-state index contributed by atoms with van der Waals surface area (Å²) in [5.74, 6) is 0.711. The molecule has 1 amide bonds. The van der Waals surface area contributed by atoms with Gasteiger partial charge in [0, 0.05) is 25.2 Å². The number of amides is 1. The Morgan fingerprint density at radius 1 is 1.12 bits per heavy atom. The lowest BCUT2D eigenvalue weighted by molar-refractivity contribution is -0.128. The monoisotopic (exact) mass is 357 g/mol. The predicted molar refractivity (Wildman–Crippen MR) is 103 cm³/mol. The first-order chi connectivity index (χ1) is 12.2. The lowest BCUT2D eigenvalue weighted by Gasteiger charge is -2.24. The molecule has 1 aromatic carbocycles. The number of imidazole rings is 1. The SMILES string of the molecule is Cc1[nH]c(SCC(=O)N2CCCCCCC2)nc1Cc1ccccc1. The van der Waals surface area contributed by atoms with Crippen molar-refractivity contribution in [3.05, 3.63) is 47.3 Å². The number of aryl methyl sites for hydroxylation is 1. The van der Waals surface area contributed by atoms with Crippen LogP contribution in [0.2, 0.25) is 0 Å². The van der Waals surface area contributed by atoms with Crippen molar-refractivity contribution in [1.82, 2.24) is 14.9 Å². The van der Waals surface area contributed by atoms with Crippen LogP contribution in [-0.4, -0.2) is 39.6 Å². The van der Waals surface area contributed by atoms with Gasteiger partial charge in [-0.05, 0) is 25.3 Å². The van der Waals surface area contributed by atoms with Crippen molar-refractivity contribution in [3.63, 3.8) is 0 Å². The number of carbonyl (C=O) groups excluding carboxylic acids is 1. The molecule has 4 nitrogen and oxygen atoms in total. The number of benzene rings is 1. The highest BCUT2D eigenvalue weighted by molar-refractivity contribution is 7.99. The van der Waals surface area contributed by atoms with Crippen LogP contribution in [0.25, 0.3) is 0 Å². The zero-order valence-corrected chi connectivity index (χ0v) is 15.8. The number of hydrogen-bond acceptors (Lipinski definition) is 3. The van der Waals surface area contributed by atoms with Crippen molar-refractivity contribution >= 4 is 17.7 Å². The minimum absolute atomic E-state index is 0.241. The van der Waals surface area contributed by atoms with E-state index >= 15 is 0 Å². The maximum absolute atomic E-state index is 12.5. The molecular formula is C20H27N3OS. The van der Waals surface area contributed by atoms with Gasteiger partial charge in [-0.3, -0.25) is 4.79 Å². The van der Waals surface area contributed by atoms with Crippen molar-refractivity contribution in [2.75, 3.05) is 18.8 Å². The molecule has 0 aliphatic carbocycles. The molecular weight excluding hydrogens is 330 g/mol. The molecule has 2 heterocycles. The largest absolute Gasteiger partial charge is 0.342 e. The van der Waals surface area contributed by atoms with E-state index < -0.39 is 0 Å². The minimum atomic E-state index is 0.241. The first kappa shape index (κ1) is 18.1. The van der Waals surface area contributed by atoms with Crippen LogP contribution in [-0.2, 0) is 11.2 Å². The maximum Gasteiger partial charge on any atom is 0.233 e. The van der Waals surface area contributed by atoms with E-state index in [0.29, 0.717) is 5.75 Å². The average Bonchev–Trinajstić information content (AvgIpc) is 2.93. The van der Waals surface area contributed by atoms with E-state index in [0.717, 1.165) is 48.9 Å². The lowest BCUT2D eigenvalue weighted by atomic mass is 10.1. The molecule has 134 valence electrons. The Morgan fingerprint density at radius 2 is 1.80 bits per heavy atom. The van der Waals surface area contributed by atoms with E-state index in [1.165, 1.54) is 36.6 Å². The van der Waals surface area contributed by atoms with E-state index in [1.807, 2.05) is 11.0 Å². The van der Waals surface area contributed by atoms with Crippen molar-refractivity contribution in [3.8, 4) is 0 Å². The number of rotatable bonds is 5. The molecule has 0 saturated carbocycles. The molecule has 0 bridgehead atoms. The summed E-state index contributed by atoms with van der Waals surface area (Å²) in [5, 5.41) is 0.851. The quantitative estimate of drug-likeness (QED) is 0.816. The summed E-state index contributed by atoms with van der Waals surface area (Å²) < 4.78 is 0. The summed E-state index contributed by atoms with van der Waals surface area (Å²) in [4.78, 5) is 22.5. The van der Waals surface area contributed by atoms with E-state index in [1.54, 1.807) is 0 Å². The third-order valence-electron chi connectivity index (χ3n) is 4.72. The summed E-state index contributed by atoms with van der Waals surface area (Å²) in [6, 6.07) is 10.4. The average molecular weight is 358 g/mol. The molecule has 0 radical (unpaired) electrons. The normalized spacial score (nSPS) is 15.6. The molecule has 1 aromatic heterocycles. The van der Waals surface area contributed by atoms with Crippen LogP contribution in [0, 0.1) is 6.92 Å². The van der Waals surface area contributed by atoms with Crippen molar-refractivity contribution < 1.29 is 4.79 Å². The third-order valence-corrected chi connectivity index (χ3v) is 5.58. The number of carbonyl (C=O) groups is 1. The number of thioether (sulfide) groups is 1. The minimum Gasteiger partial charge on any atom is -0.342 e. The Balaban J connectivity index is 1.54. The van der Waals surface area contributed by atoms with Gasteiger partial charge in [0.15, 0.2) is 5.16 Å². The van der Waals surface area contributed by atoms with Gasteiger partial charge in [-0.2, -0.15) is 0 Å². The molecule has 1 aliphatic rings. The van der Waals surface area contributed by atoms with Crippen LogP contribution in [0.5, 0.6) is 0 Å². The predicted octanol–water partition coefficient (Wildman–Crippen LogP) is 4.19. The first-order valence-electron chi connectivity index (χ1n) is 9.22. The summed E-state index contributed by atoms with van der Waals surface area (Å²) in [6.07, 6.45) is 6.90. The molecule has 1 N–H and O–H groups in total. The number of likely N-dealkylation sites (tertiary alicyclic amines) is 1. The fraction of sp³-hybridized carbons (Fsp3) is 0.500. The van der Waals surface area contributed by atoms with Gasteiger partial charge in [0.1, 0.15) is 0 Å². The van der Waals surface area contributed by atoms with Gasteiger partial charge < -0.3 is 9.88 Å². The van der Waals surface area contributed by atoms with Crippen molar-refractivity contribution in [2.45, 2.75) is 50.6 Å². The van der Waals surface area contributed by atoms with Gasteiger partial charge in [0.2, 0.25) is 5.91 Å². The van der Waals surface area contributed by atoms with E-state index in [-0.39, 0.29) is 5.91 Å². The Kier molecular flexibility index (Phi) is 6.56. The molecule has 2 aromatic rings. The molecule has 1 fully saturated rings. The molecule has 5 heteroatoms. The van der Waals surface area contributed by atoms with Crippen LogP contribution in [0.1, 0.15) is 49.1 Å². The number of H-pyrrole nitrogens is 1. The van der Waals surface area contributed by atoms with Crippen LogP contribution in [0.4, 0.5) is 0 Å². The maximum atomic E-state index is 12.5. The fourth-order valence-corrected chi connectivity index (χ4v) is 4.06. The highest BCUT2D eigenvalue weighted by Gasteiger charge is 2.16. The van der Waals surface area contributed by atoms with Gasteiger partial charge in [0.05, 0.1) is 11.4 Å². The van der Waals surface area contributed by atoms with E-state index in [9.17, 15) is 4.79 Å². The number of aromatic nitrogens is 2. The second-order valence-corrected chi connectivity index (χ2v) is 7.68. The molecule has 1 saturated heterocycles. The van der Waals surface area contributed by atoms with Crippen LogP contribution < -0.4 is 0 Å². The lowest BCUT2D eigenvalue weighted by Crippen LogP contribution is -2.35. The zero-order chi connectivity index (χ0) is 17.5. The van der Waals surface area contributed by atoms with E-state index in [4.69, 9.17) is 4.98 Å². The standard InChI is InChI=1S/C20H27N3OS/c1-16-18(14-17-10-6-5-7-11-17)22-20(21-16)25-15-19(24)23-12-8-3-2-4-9-13-23/h5-7,10-11H,2-4,8-9,12-15H2,1H3,(H,21,22). The number of nitrogens with zero attached hydrogens (tertiary/aromatic N) is 2. The van der Waals surface area contributed by atoms with Gasteiger partial charge >= 0.3 is 0 Å². The Labute approximate surface area is 154 Å². The summed E-state index contributed by atoms with van der Waals surface area (Å²) in [7, 11) is 0. The highest BCUT2D eigenvalue weighted by Crippen LogP contribution is 2.20. The van der Waals surface area contributed by atoms with Crippen molar-refractivity contribution in [1.29, 1.82) is 0 Å². The number of nitrogens with one attached hydrogen (secondary N) is 1. The van der Waals surface area contributed by atoms with Gasteiger partial charge in [-0.25, -0.2) is 4.98 Å². The molecule has 0 spiro atoms. The third kappa shape index (κ3) is 5.36. The first-order valence-corrected chi connectivity index (χ1v) is 10.2. The Morgan fingerprint density at radius 3 is 2.52 bits per heavy atom. The number of aromatic amines is 1. The second-order valence-electron chi connectivity index (χ2n) is 6.71. The second kappa shape index (κ2) is 9.09. The van der Waals surface area contributed by atoms with Gasteiger partial charge in [-0.1, -0.05) is 61.4 Å². The molecule has 0 unspecified atom stereocenters. The van der Waals surface area contributed by atoms with Crippen LogP contribution in [0.15, 0.2) is 35.5 Å². The number of hydrogen-bond donors (Lipinski definition) is 1. The summed E-state index contributed by atoms with van der Waals surface area (Å²) in [5.41, 5.74) is 3.41. The van der Waals surface area contributed by atoms with Crippen LogP contribution in [0.3, 0.4) is 0 Å². The fourth-order valence-electron chi connectivity index (χ4n) is 3.21. The Bertz CT molecular complexity index is 676. The van der Waals surface area contributed by atoms with Gasteiger partial charge in [0.25, 0.3) is 0 Å². The van der Waals surface area contributed by atoms with Gasteiger partial charge in [-0.15, -0.1) is 0 Å². The molecule has 3 rings (SSSR count). The van der Waals surface area contributed by atoms with Crippen molar-refractivity contribution in [2.24, 2.45) is 0 Å². The zero-order valence-electron chi connectivity index (χ0n) is 15.0. The van der Waals surface area contributed by atoms with Crippen LogP contribution >= 0.6 is 11.8 Å². The molecule has 25 heavy (non-hydrogen) atoms. The van der Waals surface area contributed by atoms with E-state index in [2.05, 4.69) is 36.2 Å². The molecule has 1 aliphatic heterocycles. The summed E-state index contributed by atoms with van der Waals surface area (Å²) >= 11 is 1.52. The molecule has 0 atom stereocenters. The Hall–Kier alpha value is -1.75. The smallest absolute Gasteiger partial charge is 0.233 e. The summed E-state index contributed by atoms with van der Waals surface area (Å²) in [6.45, 7) is 3.88. The highest BCUT2D eigenvalue weighted by atomic mass is 32.2.